The van der Waals surface area contributed by atoms with Crippen LogP contribution in [0.1, 0.15) is 6.42 Å². The van der Waals surface area contributed by atoms with Crippen molar-refractivity contribution in [2.24, 2.45) is 0 Å². The molecule has 0 aromatic carbocycles. The molecule has 10 heteroatoms. The van der Waals surface area contributed by atoms with E-state index in [2.05, 4.69) is 6.58 Å². The second kappa shape index (κ2) is 5.39. The first-order valence-electron chi connectivity index (χ1n) is 3.90. The summed E-state index contributed by atoms with van der Waals surface area (Å²) in [7, 11) is -9.02. The van der Waals surface area contributed by atoms with Gasteiger partial charge in [-0.1, -0.05) is 6.58 Å². The summed E-state index contributed by atoms with van der Waals surface area (Å²) in [5, 5.41) is 0.00308. The number of carbonyl (C=O) groups excluding carboxylic acids is 1. The molecular formula is C6H11NO7S2. The van der Waals surface area contributed by atoms with E-state index in [1.807, 2.05) is 5.32 Å². The number of hydrogen-bond acceptors (Lipinski definition) is 5. The molecule has 16 heavy (non-hydrogen) atoms. The number of nitrogens with one attached hydrogen (secondary N) is 1. The van der Waals surface area contributed by atoms with E-state index in [1.165, 1.54) is 0 Å². The van der Waals surface area contributed by atoms with Crippen molar-refractivity contribution in [1.29, 1.82) is 0 Å². The molecule has 0 heterocycles. The molecule has 0 fully saturated rings. The van der Waals surface area contributed by atoms with Crippen LogP contribution in [0.2, 0.25) is 0 Å². The van der Waals surface area contributed by atoms with E-state index in [-0.39, 0.29) is 0 Å². The number of rotatable bonds is 6. The van der Waals surface area contributed by atoms with Crippen molar-refractivity contribution in [3.05, 3.63) is 12.7 Å². The summed E-state index contributed by atoms with van der Waals surface area (Å²) >= 11 is 0. The lowest BCUT2D eigenvalue weighted by Gasteiger charge is -2.13. The van der Waals surface area contributed by atoms with Gasteiger partial charge < -0.3 is 5.32 Å². The normalized spacial score (nSPS) is 14.1. The van der Waals surface area contributed by atoms with Crippen molar-refractivity contribution in [2.75, 3.05) is 5.75 Å². The van der Waals surface area contributed by atoms with Crippen LogP contribution < -0.4 is 5.32 Å². The van der Waals surface area contributed by atoms with Gasteiger partial charge in [-0.2, -0.15) is 16.8 Å². The van der Waals surface area contributed by atoms with E-state index in [4.69, 9.17) is 9.11 Å². The summed E-state index contributed by atoms with van der Waals surface area (Å²) in [6.45, 7) is 3.05. The van der Waals surface area contributed by atoms with E-state index < -0.39 is 43.7 Å². The van der Waals surface area contributed by atoms with Crippen LogP contribution in [-0.4, -0.2) is 43.0 Å². The molecule has 1 unspecified atom stereocenters. The highest BCUT2D eigenvalue weighted by atomic mass is 32.2. The second-order valence-electron chi connectivity index (χ2n) is 2.79. The molecule has 0 radical (unpaired) electrons. The Hall–Kier alpha value is -0.970. The Labute approximate surface area is 92.8 Å². The van der Waals surface area contributed by atoms with Crippen molar-refractivity contribution >= 4 is 26.1 Å². The van der Waals surface area contributed by atoms with Crippen LogP contribution in [0.25, 0.3) is 0 Å². The first kappa shape index (κ1) is 15.0. The molecule has 0 aliphatic heterocycles. The van der Waals surface area contributed by atoms with Gasteiger partial charge >= 0.3 is 0 Å². The van der Waals surface area contributed by atoms with Gasteiger partial charge in [0.2, 0.25) is 5.91 Å². The summed E-state index contributed by atoms with van der Waals surface area (Å²) in [5.74, 6) is -1.80. The SMILES string of the molecule is C=CC(=O)NC(CCS(=O)(=O)O)S(=O)(=O)O. The molecule has 0 rings (SSSR count). The average Bonchev–Trinajstić information content (AvgIpc) is 2.08. The standard InChI is InChI=1S/C6H11NO7S2/c1-2-5(8)7-6(16(12,13)14)3-4-15(9,10)11/h2,6H,1,3-4H2,(H,7,8)(H,9,10,11)(H,12,13,14). The van der Waals surface area contributed by atoms with Gasteiger partial charge in [-0.25, -0.2) is 0 Å². The fourth-order valence-corrected chi connectivity index (χ4v) is 2.13. The molecule has 1 amide bonds. The number of amides is 1. The molecule has 0 spiro atoms. The lowest BCUT2D eigenvalue weighted by atomic mass is 10.4. The fourth-order valence-electron chi connectivity index (χ4n) is 0.769. The molecule has 0 aliphatic carbocycles. The Morgan fingerprint density at radius 3 is 2.12 bits per heavy atom. The van der Waals surface area contributed by atoms with E-state index in [9.17, 15) is 21.6 Å². The maximum atomic E-state index is 10.8. The number of carbonyl (C=O) groups is 1. The maximum Gasteiger partial charge on any atom is 0.286 e. The molecule has 0 saturated carbocycles. The molecule has 0 aromatic rings. The molecule has 94 valence electrons. The van der Waals surface area contributed by atoms with Gasteiger partial charge in [0.05, 0.1) is 5.75 Å². The van der Waals surface area contributed by atoms with Crippen LogP contribution in [0.4, 0.5) is 0 Å². The minimum Gasteiger partial charge on any atom is -0.334 e. The predicted molar refractivity (Wildman–Crippen MR) is 54.7 cm³/mol. The van der Waals surface area contributed by atoms with Gasteiger partial charge in [-0.05, 0) is 6.08 Å². The minimum atomic E-state index is -4.65. The van der Waals surface area contributed by atoms with Crippen LogP contribution in [0.5, 0.6) is 0 Å². The Balaban J connectivity index is 4.72. The van der Waals surface area contributed by atoms with Crippen LogP contribution in [0.15, 0.2) is 12.7 Å². The largest absolute Gasteiger partial charge is 0.334 e. The molecule has 0 bridgehead atoms. The summed E-state index contributed by atoms with van der Waals surface area (Å²) < 4.78 is 59.2. The van der Waals surface area contributed by atoms with Gasteiger partial charge in [0.15, 0.2) is 5.37 Å². The van der Waals surface area contributed by atoms with Crippen molar-refractivity contribution < 1.29 is 30.7 Å². The molecule has 8 nitrogen and oxygen atoms in total. The predicted octanol–water partition coefficient (Wildman–Crippen LogP) is -1.22. The van der Waals surface area contributed by atoms with Crippen LogP contribution in [-0.2, 0) is 25.0 Å². The molecule has 3 N–H and O–H groups in total. The second-order valence-corrected chi connectivity index (χ2v) is 5.96. The summed E-state index contributed by atoms with van der Waals surface area (Å²) in [5.41, 5.74) is 0. The van der Waals surface area contributed by atoms with Crippen molar-refractivity contribution in [2.45, 2.75) is 11.8 Å². The summed E-state index contributed by atoms with van der Waals surface area (Å²) in [4.78, 5) is 10.8. The number of hydrogen-bond donors (Lipinski definition) is 3. The average molecular weight is 273 g/mol. The van der Waals surface area contributed by atoms with Crippen molar-refractivity contribution in [3.8, 4) is 0 Å². The zero-order chi connectivity index (χ0) is 13.0. The quantitative estimate of drug-likeness (QED) is 0.407. The smallest absolute Gasteiger partial charge is 0.286 e. The summed E-state index contributed by atoms with van der Waals surface area (Å²) in [6, 6.07) is 0. The maximum absolute atomic E-state index is 10.8. The monoisotopic (exact) mass is 273 g/mol. The van der Waals surface area contributed by atoms with Gasteiger partial charge in [0, 0.05) is 6.42 Å². The Kier molecular flexibility index (Phi) is 5.06. The van der Waals surface area contributed by atoms with E-state index in [1.54, 1.807) is 0 Å². The zero-order valence-corrected chi connectivity index (χ0v) is 9.66. The third-order valence-electron chi connectivity index (χ3n) is 1.49. The molecule has 0 aromatic heterocycles. The van der Waals surface area contributed by atoms with E-state index in [0.717, 1.165) is 6.08 Å². The van der Waals surface area contributed by atoms with Gasteiger partial charge in [0.1, 0.15) is 0 Å². The zero-order valence-electron chi connectivity index (χ0n) is 8.03. The van der Waals surface area contributed by atoms with Gasteiger partial charge in [0.25, 0.3) is 20.2 Å². The van der Waals surface area contributed by atoms with Gasteiger partial charge in [-0.3, -0.25) is 13.9 Å². The molecular weight excluding hydrogens is 262 g/mol. The Morgan fingerprint density at radius 2 is 1.81 bits per heavy atom. The highest BCUT2D eigenvalue weighted by Gasteiger charge is 2.25. The first-order valence-corrected chi connectivity index (χ1v) is 7.02. The van der Waals surface area contributed by atoms with Crippen LogP contribution in [0, 0.1) is 0 Å². The Morgan fingerprint density at radius 1 is 1.31 bits per heavy atom. The van der Waals surface area contributed by atoms with Crippen LogP contribution in [0.3, 0.4) is 0 Å². The van der Waals surface area contributed by atoms with Crippen LogP contribution >= 0.6 is 0 Å². The Bertz CT molecular complexity index is 463. The molecule has 0 aliphatic rings. The van der Waals surface area contributed by atoms with Crippen molar-refractivity contribution in [1.82, 2.24) is 5.32 Å². The topological polar surface area (TPSA) is 138 Å². The highest BCUT2D eigenvalue weighted by Crippen LogP contribution is 2.03. The minimum absolute atomic E-state index is 0.669. The third kappa shape index (κ3) is 6.50. The van der Waals surface area contributed by atoms with E-state index in [0.29, 0.717) is 0 Å². The van der Waals surface area contributed by atoms with Crippen molar-refractivity contribution in [3.63, 3.8) is 0 Å². The lowest BCUT2D eigenvalue weighted by molar-refractivity contribution is -0.116. The van der Waals surface area contributed by atoms with Gasteiger partial charge in [-0.15, -0.1) is 0 Å². The third-order valence-corrected chi connectivity index (χ3v) is 3.31. The molecule has 1 atom stereocenters. The van der Waals surface area contributed by atoms with E-state index >= 15 is 0 Å². The first-order chi connectivity index (χ1) is 7.06. The lowest BCUT2D eigenvalue weighted by Crippen LogP contribution is -2.40. The summed E-state index contributed by atoms with van der Waals surface area (Å²) in [6.07, 6.45) is 0.0862. The fraction of sp³-hybridized carbons (Fsp3) is 0.500. The molecule has 0 saturated heterocycles. The highest BCUT2D eigenvalue weighted by molar-refractivity contribution is 7.87.